The molecule has 0 heterocycles. The fourth-order valence-electron chi connectivity index (χ4n) is 1.25. The molecule has 0 aromatic heterocycles. The Labute approximate surface area is 90.7 Å². The number of amides is 1. The second-order valence-electron chi connectivity index (χ2n) is 3.34. The third kappa shape index (κ3) is 4.33. The van der Waals surface area contributed by atoms with Crippen LogP contribution < -0.4 is 5.32 Å². The molecule has 0 atom stereocenters. The van der Waals surface area contributed by atoms with Gasteiger partial charge >= 0.3 is 0 Å². The van der Waals surface area contributed by atoms with E-state index in [4.69, 9.17) is 0 Å². The zero-order valence-corrected chi connectivity index (χ0v) is 9.13. The summed E-state index contributed by atoms with van der Waals surface area (Å²) in [6, 6.07) is 7.76. The first kappa shape index (κ1) is 11.3. The van der Waals surface area contributed by atoms with Gasteiger partial charge in [0.25, 0.3) is 0 Å². The molecule has 1 rings (SSSR count). The molecule has 0 radical (unpaired) electrons. The minimum absolute atomic E-state index is 0.0170. The quantitative estimate of drug-likeness (QED) is 0.748. The molecule has 78 valence electrons. The average molecular weight is 201 g/mol. The monoisotopic (exact) mass is 201 g/mol. The fourth-order valence-corrected chi connectivity index (χ4v) is 1.25. The molecule has 0 saturated carbocycles. The van der Waals surface area contributed by atoms with Crippen molar-refractivity contribution in [3.63, 3.8) is 0 Å². The van der Waals surface area contributed by atoms with Crippen LogP contribution in [0.2, 0.25) is 0 Å². The van der Waals surface area contributed by atoms with Crippen LogP contribution in [0.5, 0.6) is 0 Å². The summed E-state index contributed by atoms with van der Waals surface area (Å²) >= 11 is 0. The molecule has 2 heteroatoms. The van der Waals surface area contributed by atoms with Gasteiger partial charge in [0.15, 0.2) is 0 Å². The number of carbonyl (C=O) groups is 1. The number of rotatable bonds is 3. The van der Waals surface area contributed by atoms with Crippen LogP contribution in [-0.2, 0) is 4.79 Å². The van der Waals surface area contributed by atoms with Crippen LogP contribution in [-0.4, -0.2) is 5.91 Å². The van der Waals surface area contributed by atoms with Crippen LogP contribution in [0.3, 0.4) is 0 Å². The van der Waals surface area contributed by atoms with E-state index in [1.165, 1.54) is 0 Å². The molecule has 1 aromatic rings. The fraction of sp³-hybridized carbons (Fsp3) is 0.308. The number of nitrogens with one attached hydrogen (secondary N) is 1. The summed E-state index contributed by atoms with van der Waals surface area (Å²) in [6.07, 6.45) is 1.07. The zero-order chi connectivity index (χ0) is 11.1. The Hall–Kier alpha value is -1.75. The SMILES string of the molecule is CC#CCCC(=O)Nc1cccc(C)c1. The van der Waals surface area contributed by atoms with E-state index in [1.807, 2.05) is 31.2 Å². The highest BCUT2D eigenvalue weighted by molar-refractivity contribution is 5.90. The van der Waals surface area contributed by atoms with Crippen LogP contribution in [0, 0.1) is 18.8 Å². The first-order valence-corrected chi connectivity index (χ1v) is 4.98. The normalized spacial score (nSPS) is 8.93. The third-order valence-corrected chi connectivity index (χ3v) is 1.96. The van der Waals surface area contributed by atoms with E-state index in [-0.39, 0.29) is 5.91 Å². The van der Waals surface area contributed by atoms with Gasteiger partial charge in [-0.2, -0.15) is 0 Å². The van der Waals surface area contributed by atoms with Gasteiger partial charge in [-0.3, -0.25) is 4.79 Å². The molecular weight excluding hydrogens is 186 g/mol. The summed E-state index contributed by atoms with van der Waals surface area (Å²) in [5.41, 5.74) is 1.99. The molecule has 1 N–H and O–H groups in total. The van der Waals surface area contributed by atoms with Crippen molar-refractivity contribution in [2.24, 2.45) is 0 Å². The summed E-state index contributed by atoms with van der Waals surface area (Å²) in [5.74, 6) is 5.65. The predicted octanol–water partition coefficient (Wildman–Crippen LogP) is 2.74. The first-order chi connectivity index (χ1) is 7.22. The highest BCUT2D eigenvalue weighted by Gasteiger charge is 2.00. The molecule has 0 saturated heterocycles. The second-order valence-corrected chi connectivity index (χ2v) is 3.34. The Bertz CT molecular complexity index is 398. The van der Waals surface area contributed by atoms with E-state index < -0.39 is 0 Å². The van der Waals surface area contributed by atoms with E-state index in [9.17, 15) is 4.79 Å². The Morgan fingerprint density at radius 1 is 1.47 bits per heavy atom. The summed E-state index contributed by atoms with van der Waals surface area (Å²) in [7, 11) is 0. The maximum atomic E-state index is 11.4. The maximum Gasteiger partial charge on any atom is 0.225 e. The van der Waals surface area contributed by atoms with Gasteiger partial charge in [-0.1, -0.05) is 12.1 Å². The highest BCUT2D eigenvalue weighted by atomic mass is 16.1. The lowest BCUT2D eigenvalue weighted by Crippen LogP contribution is -2.10. The van der Waals surface area contributed by atoms with E-state index in [0.29, 0.717) is 12.8 Å². The zero-order valence-electron chi connectivity index (χ0n) is 9.13. The Kier molecular flexibility index (Phi) is 4.43. The van der Waals surface area contributed by atoms with Gasteiger partial charge in [0.1, 0.15) is 0 Å². The van der Waals surface area contributed by atoms with Crippen molar-refractivity contribution in [1.29, 1.82) is 0 Å². The molecule has 15 heavy (non-hydrogen) atoms. The Balaban J connectivity index is 2.46. The number of anilines is 1. The topological polar surface area (TPSA) is 29.1 Å². The smallest absolute Gasteiger partial charge is 0.225 e. The van der Waals surface area contributed by atoms with Crippen molar-refractivity contribution >= 4 is 11.6 Å². The molecule has 0 aliphatic carbocycles. The molecule has 0 fully saturated rings. The van der Waals surface area contributed by atoms with Crippen molar-refractivity contribution in [3.8, 4) is 11.8 Å². The molecule has 0 aliphatic rings. The Morgan fingerprint density at radius 3 is 2.93 bits per heavy atom. The molecule has 0 bridgehead atoms. The number of carbonyl (C=O) groups excluding carboxylic acids is 1. The van der Waals surface area contributed by atoms with Gasteiger partial charge in [-0.05, 0) is 31.5 Å². The minimum atomic E-state index is 0.0170. The van der Waals surface area contributed by atoms with Crippen molar-refractivity contribution in [3.05, 3.63) is 29.8 Å². The summed E-state index contributed by atoms with van der Waals surface area (Å²) in [4.78, 5) is 11.4. The van der Waals surface area contributed by atoms with E-state index >= 15 is 0 Å². The van der Waals surface area contributed by atoms with Gasteiger partial charge < -0.3 is 5.32 Å². The van der Waals surface area contributed by atoms with Crippen LogP contribution in [0.4, 0.5) is 5.69 Å². The molecular formula is C13H15NO. The first-order valence-electron chi connectivity index (χ1n) is 4.98. The second kappa shape index (κ2) is 5.87. The van der Waals surface area contributed by atoms with Crippen LogP contribution in [0.15, 0.2) is 24.3 Å². The van der Waals surface area contributed by atoms with Gasteiger partial charge in [0.2, 0.25) is 5.91 Å². The lowest BCUT2D eigenvalue weighted by molar-refractivity contribution is -0.116. The van der Waals surface area contributed by atoms with E-state index in [2.05, 4.69) is 17.2 Å². The standard InChI is InChI=1S/C13H15NO/c1-3-4-5-9-13(15)14-12-8-6-7-11(2)10-12/h6-8,10H,5,9H2,1-2H3,(H,14,15). The average Bonchev–Trinajstić information content (AvgIpc) is 2.18. The molecule has 0 spiro atoms. The van der Waals surface area contributed by atoms with Crippen LogP contribution in [0.1, 0.15) is 25.3 Å². The van der Waals surface area contributed by atoms with Gasteiger partial charge in [-0.25, -0.2) is 0 Å². The molecule has 1 aromatic carbocycles. The van der Waals surface area contributed by atoms with Gasteiger partial charge in [0.05, 0.1) is 0 Å². The van der Waals surface area contributed by atoms with Gasteiger partial charge in [0, 0.05) is 18.5 Å². The summed E-state index contributed by atoms with van der Waals surface area (Å²) in [5, 5.41) is 2.83. The minimum Gasteiger partial charge on any atom is -0.326 e. The van der Waals surface area contributed by atoms with E-state index in [1.54, 1.807) is 6.92 Å². The lowest BCUT2D eigenvalue weighted by Gasteiger charge is -2.04. The molecule has 1 amide bonds. The molecule has 0 aliphatic heterocycles. The predicted molar refractivity (Wildman–Crippen MR) is 62.5 cm³/mol. The maximum absolute atomic E-state index is 11.4. The highest BCUT2D eigenvalue weighted by Crippen LogP contribution is 2.09. The molecule has 2 nitrogen and oxygen atoms in total. The summed E-state index contributed by atoms with van der Waals surface area (Å²) < 4.78 is 0. The van der Waals surface area contributed by atoms with Crippen molar-refractivity contribution in [1.82, 2.24) is 0 Å². The number of benzene rings is 1. The lowest BCUT2D eigenvalue weighted by atomic mass is 10.2. The van der Waals surface area contributed by atoms with Crippen molar-refractivity contribution < 1.29 is 4.79 Å². The third-order valence-electron chi connectivity index (χ3n) is 1.96. The van der Waals surface area contributed by atoms with Crippen LogP contribution >= 0.6 is 0 Å². The number of hydrogen-bond acceptors (Lipinski definition) is 1. The molecule has 0 unspecified atom stereocenters. The number of hydrogen-bond donors (Lipinski definition) is 1. The van der Waals surface area contributed by atoms with Crippen molar-refractivity contribution in [2.45, 2.75) is 26.7 Å². The van der Waals surface area contributed by atoms with E-state index in [0.717, 1.165) is 11.3 Å². The number of aryl methyl sites for hydroxylation is 1. The van der Waals surface area contributed by atoms with Crippen LogP contribution in [0.25, 0.3) is 0 Å². The van der Waals surface area contributed by atoms with Gasteiger partial charge in [-0.15, -0.1) is 11.8 Å². The Morgan fingerprint density at radius 2 is 2.27 bits per heavy atom. The van der Waals surface area contributed by atoms with Crippen molar-refractivity contribution in [2.75, 3.05) is 5.32 Å². The summed E-state index contributed by atoms with van der Waals surface area (Å²) in [6.45, 7) is 3.77. The largest absolute Gasteiger partial charge is 0.326 e.